The molecule has 2 aromatic heterocycles. The Labute approximate surface area is 184 Å². The Bertz CT molecular complexity index is 1260. The van der Waals surface area contributed by atoms with Crippen LogP contribution in [-0.4, -0.2) is 28.9 Å². The van der Waals surface area contributed by atoms with E-state index in [-0.39, 0.29) is 11.3 Å². The van der Waals surface area contributed by atoms with Gasteiger partial charge < -0.3 is 14.6 Å². The van der Waals surface area contributed by atoms with Crippen LogP contribution in [-0.2, 0) is 6.54 Å². The van der Waals surface area contributed by atoms with Gasteiger partial charge in [-0.2, -0.15) is 0 Å². The van der Waals surface area contributed by atoms with Crippen molar-refractivity contribution in [2.75, 3.05) is 14.2 Å². The highest BCUT2D eigenvalue weighted by Gasteiger charge is 2.29. The van der Waals surface area contributed by atoms with E-state index in [2.05, 4.69) is 4.98 Å². The van der Waals surface area contributed by atoms with Crippen LogP contribution in [0.25, 0.3) is 11.0 Å². The molecule has 30 heavy (non-hydrogen) atoms. The van der Waals surface area contributed by atoms with Crippen molar-refractivity contribution in [3.8, 4) is 17.2 Å². The Morgan fingerprint density at radius 2 is 1.77 bits per heavy atom. The number of ether oxygens (including phenoxy) is 2. The minimum Gasteiger partial charge on any atom is -0.503 e. The van der Waals surface area contributed by atoms with Crippen LogP contribution in [0.3, 0.4) is 0 Å². The van der Waals surface area contributed by atoms with Crippen molar-refractivity contribution in [2.24, 2.45) is 0 Å². The van der Waals surface area contributed by atoms with E-state index in [0.717, 1.165) is 9.13 Å². The molecular weight excluding hydrogens is 495 g/mol. The summed E-state index contributed by atoms with van der Waals surface area (Å²) in [6.45, 7) is 0.304. The molecule has 0 atom stereocenters. The Kier molecular flexibility index (Phi) is 5.89. The summed E-state index contributed by atoms with van der Waals surface area (Å²) in [6.07, 6.45) is 1.62. The van der Waals surface area contributed by atoms with E-state index in [1.165, 1.54) is 0 Å². The van der Waals surface area contributed by atoms with Gasteiger partial charge in [0.1, 0.15) is 5.65 Å². The molecule has 0 amide bonds. The lowest BCUT2D eigenvalue weighted by atomic mass is 10.2. The summed E-state index contributed by atoms with van der Waals surface area (Å²) in [5.41, 5.74) is 1.11. The summed E-state index contributed by atoms with van der Waals surface area (Å²) >= 11 is -0.856. The van der Waals surface area contributed by atoms with E-state index in [1.54, 1.807) is 37.1 Å². The summed E-state index contributed by atoms with van der Waals surface area (Å²) in [6, 6.07) is 18.9. The van der Waals surface area contributed by atoms with Crippen molar-refractivity contribution in [1.82, 2.24) is 9.55 Å². The van der Waals surface area contributed by atoms with Crippen molar-refractivity contribution in [1.29, 1.82) is 0 Å². The van der Waals surface area contributed by atoms with Crippen LogP contribution in [0.4, 0.5) is 0 Å². The maximum Gasteiger partial charge on any atom is 0.368 e. The van der Waals surface area contributed by atoms with Gasteiger partial charge in [-0.1, -0.05) is 24.3 Å². The van der Waals surface area contributed by atoms with Crippen LogP contribution in [0.5, 0.6) is 17.2 Å². The number of nitrogens with zero attached hydrogens (tertiary/aromatic N) is 2. The lowest BCUT2D eigenvalue weighted by Gasteiger charge is -2.13. The number of hydrogen-bond acceptors (Lipinski definition) is 5. The number of fused-ring (bicyclic) bond motifs is 1. The first kappa shape index (κ1) is 20.2. The van der Waals surface area contributed by atoms with Crippen molar-refractivity contribution < 1.29 is 35.8 Å². The van der Waals surface area contributed by atoms with E-state index in [9.17, 15) is 9.90 Å². The molecule has 0 saturated heterocycles. The van der Waals surface area contributed by atoms with Crippen molar-refractivity contribution >= 4 is 11.0 Å². The smallest absolute Gasteiger partial charge is 0.368 e. The normalized spacial score (nSPS) is 10.9. The molecular formula is C23H20IN2O4+. The van der Waals surface area contributed by atoms with E-state index >= 15 is 0 Å². The quantitative estimate of drug-likeness (QED) is 0.374. The molecule has 0 aliphatic carbocycles. The second-order valence-electron chi connectivity index (χ2n) is 6.51. The average Bonchev–Trinajstić information content (AvgIpc) is 2.80. The molecule has 0 aliphatic heterocycles. The zero-order chi connectivity index (χ0) is 21.1. The molecule has 0 spiro atoms. The monoisotopic (exact) mass is 515 g/mol. The second-order valence-corrected chi connectivity index (χ2v) is 9.37. The summed E-state index contributed by atoms with van der Waals surface area (Å²) in [5.74, 6) is 1.25. The molecule has 0 unspecified atom stereocenters. The Morgan fingerprint density at radius 1 is 1.00 bits per heavy atom. The van der Waals surface area contributed by atoms with Gasteiger partial charge in [-0.05, 0) is 42.0 Å². The molecule has 6 nitrogen and oxygen atoms in total. The topological polar surface area (TPSA) is 73.6 Å². The van der Waals surface area contributed by atoms with Gasteiger partial charge in [0.05, 0.1) is 26.2 Å². The second kappa shape index (κ2) is 8.74. The number of aromatic hydroxyl groups is 1. The third kappa shape index (κ3) is 3.85. The third-order valence-electron chi connectivity index (χ3n) is 4.66. The Hall–Kier alpha value is -3.07. The van der Waals surface area contributed by atoms with Crippen molar-refractivity contribution in [2.45, 2.75) is 6.54 Å². The number of hydrogen-bond donors (Lipinski definition) is 1. The van der Waals surface area contributed by atoms with E-state index in [4.69, 9.17) is 9.47 Å². The summed E-state index contributed by atoms with van der Waals surface area (Å²) in [4.78, 5) is 17.8. The predicted molar refractivity (Wildman–Crippen MR) is 110 cm³/mol. The average molecular weight is 515 g/mol. The molecule has 152 valence electrons. The number of pyridine rings is 2. The minimum absolute atomic E-state index is 0.0308. The van der Waals surface area contributed by atoms with Crippen LogP contribution < -0.4 is 36.2 Å². The molecule has 7 heteroatoms. The molecule has 1 N–H and O–H groups in total. The molecule has 0 radical (unpaired) electrons. The van der Waals surface area contributed by atoms with Gasteiger partial charge in [0, 0.05) is 6.20 Å². The molecule has 2 aromatic carbocycles. The van der Waals surface area contributed by atoms with E-state index < -0.39 is 21.2 Å². The number of aromatic nitrogens is 2. The number of benzene rings is 2. The largest absolute Gasteiger partial charge is 0.503 e. The molecule has 4 aromatic rings. The van der Waals surface area contributed by atoms with Crippen LogP contribution in [0.2, 0.25) is 0 Å². The SMILES string of the molecule is COc1ccc(Cn2c(=O)c([I+]c3ccccc3)c(O)c3cccnc32)cc1OC. The number of methoxy groups -OCH3 is 2. The first-order valence-corrected chi connectivity index (χ1v) is 11.4. The lowest BCUT2D eigenvalue weighted by molar-refractivity contribution is -0.600. The van der Waals surface area contributed by atoms with Gasteiger partial charge in [0.2, 0.25) is 0 Å². The first-order valence-electron chi connectivity index (χ1n) is 9.23. The molecule has 0 saturated carbocycles. The first-order chi connectivity index (χ1) is 14.6. The molecule has 0 fully saturated rings. The van der Waals surface area contributed by atoms with Gasteiger partial charge >= 0.3 is 30.3 Å². The van der Waals surface area contributed by atoms with Gasteiger partial charge in [-0.25, -0.2) is 4.98 Å². The van der Waals surface area contributed by atoms with Gasteiger partial charge in [-0.15, -0.1) is 0 Å². The predicted octanol–water partition coefficient (Wildman–Crippen LogP) is 0.296. The highest BCUT2D eigenvalue weighted by Crippen LogP contribution is 2.28. The Balaban J connectivity index is 1.86. The third-order valence-corrected chi connectivity index (χ3v) is 7.52. The number of halogens is 1. The fourth-order valence-electron chi connectivity index (χ4n) is 3.21. The van der Waals surface area contributed by atoms with Crippen molar-refractivity contribution in [3.05, 3.63) is 89.9 Å². The minimum atomic E-state index is -0.856. The van der Waals surface area contributed by atoms with Crippen LogP contribution in [0, 0.1) is 7.14 Å². The highest BCUT2D eigenvalue weighted by atomic mass is 127. The molecule has 0 bridgehead atoms. The zero-order valence-electron chi connectivity index (χ0n) is 16.5. The highest BCUT2D eigenvalue weighted by molar-refractivity contribution is 5.81. The Morgan fingerprint density at radius 3 is 2.50 bits per heavy atom. The maximum absolute atomic E-state index is 13.4. The van der Waals surface area contributed by atoms with Gasteiger partial charge in [0.25, 0.3) is 0 Å². The summed E-state index contributed by atoms with van der Waals surface area (Å²) < 4.78 is 13.8. The molecule has 4 rings (SSSR count). The van der Waals surface area contributed by atoms with Crippen LogP contribution in [0.15, 0.2) is 71.7 Å². The van der Waals surface area contributed by atoms with Crippen LogP contribution >= 0.6 is 0 Å². The number of rotatable bonds is 6. The fraction of sp³-hybridized carbons (Fsp3) is 0.130. The van der Waals surface area contributed by atoms with Gasteiger partial charge in [-0.3, -0.25) is 9.36 Å². The van der Waals surface area contributed by atoms with Crippen molar-refractivity contribution in [3.63, 3.8) is 0 Å². The van der Waals surface area contributed by atoms with Gasteiger partial charge in [0.15, 0.2) is 20.8 Å². The van der Waals surface area contributed by atoms with E-state index in [0.29, 0.717) is 32.6 Å². The van der Waals surface area contributed by atoms with E-state index in [1.807, 2.05) is 48.5 Å². The maximum atomic E-state index is 13.4. The van der Waals surface area contributed by atoms with Crippen LogP contribution in [0.1, 0.15) is 5.56 Å². The molecule has 0 aliphatic rings. The standard InChI is InChI=1S/C23H19IN2O4/c1-29-18-11-10-15(13-19(18)30-2)14-26-22-17(9-6-12-25-22)21(27)20(23(26)28)24-16-7-4-3-5-8-16/h3-13H,14H2,1-2H3/p+1. The zero-order valence-corrected chi connectivity index (χ0v) is 18.7. The fourth-order valence-corrected chi connectivity index (χ4v) is 5.68. The summed E-state index contributed by atoms with van der Waals surface area (Å²) in [7, 11) is 3.16. The lowest BCUT2D eigenvalue weighted by Crippen LogP contribution is -3.62. The molecule has 2 heterocycles. The summed E-state index contributed by atoms with van der Waals surface area (Å²) in [5, 5.41) is 11.4.